The second-order valence-corrected chi connectivity index (χ2v) is 1.96. The fourth-order valence-electron chi connectivity index (χ4n) is 0.507. The Morgan fingerprint density at radius 2 is 2.50 bits per heavy atom. The van der Waals surface area contributed by atoms with Crippen molar-refractivity contribution >= 4 is 6.20 Å². The Hall–Kier alpha value is -1.16. The summed E-state index contributed by atoms with van der Waals surface area (Å²) >= 11 is 0. The smallest absolute Gasteiger partial charge is 0.138 e. The van der Waals surface area contributed by atoms with Gasteiger partial charge in [-0.05, 0) is 13.0 Å². The Kier molecular flexibility index (Phi) is 2.17. The molecule has 0 aliphatic carbocycles. The molecule has 0 aliphatic rings. The summed E-state index contributed by atoms with van der Waals surface area (Å²) in [6.45, 7) is 1.67. The standard InChI is InChI=1S/C6H9N3O/c1-6(10)2-3-9-5-7-4-8-9/h2-6,10H,1H3. The molecule has 1 unspecified atom stereocenters. The van der Waals surface area contributed by atoms with Crippen molar-refractivity contribution in [2.45, 2.75) is 13.0 Å². The zero-order chi connectivity index (χ0) is 7.40. The van der Waals surface area contributed by atoms with Crippen molar-refractivity contribution in [1.29, 1.82) is 0 Å². The highest BCUT2D eigenvalue weighted by molar-refractivity contribution is 5.19. The van der Waals surface area contributed by atoms with Gasteiger partial charge in [-0.3, -0.25) is 0 Å². The highest BCUT2D eigenvalue weighted by Gasteiger charge is 1.85. The Morgan fingerprint density at radius 1 is 1.70 bits per heavy atom. The average molecular weight is 139 g/mol. The van der Waals surface area contributed by atoms with E-state index in [9.17, 15) is 0 Å². The van der Waals surface area contributed by atoms with E-state index in [0.29, 0.717) is 0 Å². The van der Waals surface area contributed by atoms with Gasteiger partial charge in [0.1, 0.15) is 12.7 Å². The molecule has 1 aromatic rings. The van der Waals surface area contributed by atoms with E-state index in [-0.39, 0.29) is 0 Å². The zero-order valence-corrected chi connectivity index (χ0v) is 5.68. The number of rotatable bonds is 2. The number of hydrogen-bond donors (Lipinski definition) is 1. The van der Waals surface area contributed by atoms with Crippen LogP contribution in [0.1, 0.15) is 6.92 Å². The second-order valence-electron chi connectivity index (χ2n) is 1.96. The van der Waals surface area contributed by atoms with Crippen LogP contribution in [-0.2, 0) is 0 Å². The Bertz CT molecular complexity index is 203. The zero-order valence-electron chi connectivity index (χ0n) is 5.68. The largest absolute Gasteiger partial charge is 0.389 e. The molecule has 1 aromatic heterocycles. The third-order valence-electron chi connectivity index (χ3n) is 0.954. The first kappa shape index (κ1) is 6.95. The summed E-state index contributed by atoms with van der Waals surface area (Å²) in [5.74, 6) is 0. The predicted molar refractivity (Wildman–Crippen MR) is 37.0 cm³/mol. The highest BCUT2D eigenvalue weighted by Crippen LogP contribution is 1.86. The highest BCUT2D eigenvalue weighted by atomic mass is 16.3. The SMILES string of the molecule is CC(O)C=Cn1cncn1. The van der Waals surface area contributed by atoms with Crippen molar-refractivity contribution in [2.24, 2.45) is 0 Å². The molecule has 0 saturated heterocycles. The van der Waals surface area contributed by atoms with Crippen molar-refractivity contribution in [3.63, 3.8) is 0 Å². The molecule has 0 fully saturated rings. The molecule has 1 heterocycles. The van der Waals surface area contributed by atoms with Crippen LogP contribution < -0.4 is 0 Å². The molecule has 0 radical (unpaired) electrons. The normalized spacial score (nSPS) is 14.2. The summed E-state index contributed by atoms with van der Waals surface area (Å²) < 4.78 is 1.52. The Balaban J connectivity index is 2.55. The number of aromatic nitrogens is 3. The van der Waals surface area contributed by atoms with E-state index in [2.05, 4.69) is 10.1 Å². The van der Waals surface area contributed by atoms with E-state index < -0.39 is 6.10 Å². The topological polar surface area (TPSA) is 50.9 Å². The van der Waals surface area contributed by atoms with E-state index >= 15 is 0 Å². The molecule has 54 valence electrons. The monoisotopic (exact) mass is 139 g/mol. The molecule has 0 spiro atoms. The van der Waals surface area contributed by atoms with E-state index in [1.165, 1.54) is 11.0 Å². The lowest BCUT2D eigenvalue weighted by atomic mass is 10.4. The first-order chi connectivity index (χ1) is 4.79. The first-order valence-electron chi connectivity index (χ1n) is 2.99. The van der Waals surface area contributed by atoms with E-state index in [4.69, 9.17) is 5.11 Å². The van der Waals surface area contributed by atoms with Crippen molar-refractivity contribution in [1.82, 2.24) is 14.8 Å². The molecular formula is C6H9N3O. The quantitative estimate of drug-likeness (QED) is 0.633. The molecule has 4 nitrogen and oxygen atoms in total. The van der Waals surface area contributed by atoms with Crippen LogP contribution in [0.3, 0.4) is 0 Å². The fourth-order valence-corrected chi connectivity index (χ4v) is 0.507. The number of hydrogen-bond acceptors (Lipinski definition) is 3. The van der Waals surface area contributed by atoms with Gasteiger partial charge >= 0.3 is 0 Å². The lowest BCUT2D eigenvalue weighted by molar-refractivity contribution is 0.244. The maximum absolute atomic E-state index is 8.80. The first-order valence-corrected chi connectivity index (χ1v) is 2.99. The molecule has 1 rings (SSSR count). The molecule has 4 heteroatoms. The van der Waals surface area contributed by atoms with E-state index in [1.54, 1.807) is 25.5 Å². The Morgan fingerprint density at radius 3 is 3.00 bits per heavy atom. The van der Waals surface area contributed by atoms with Crippen molar-refractivity contribution in [3.05, 3.63) is 18.7 Å². The van der Waals surface area contributed by atoms with Crippen LogP contribution in [-0.4, -0.2) is 26.0 Å². The summed E-state index contributed by atoms with van der Waals surface area (Å²) in [5.41, 5.74) is 0. The van der Waals surface area contributed by atoms with Gasteiger partial charge in [-0.15, -0.1) is 0 Å². The van der Waals surface area contributed by atoms with E-state index in [0.717, 1.165) is 0 Å². The van der Waals surface area contributed by atoms with Crippen molar-refractivity contribution in [2.75, 3.05) is 0 Å². The van der Waals surface area contributed by atoms with E-state index in [1.807, 2.05) is 0 Å². The average Bonchev–Trinajstić information content (AvgIpc) is 2.34. The summed E-state index contributed by atoms with van der Waals surface area (Å²) in [6, 6.07) is 0. The van der Waals surface area contributed by atoms with Crippen LogP contribution in [0.25, 0.3) is 6.20 Å². The molecule has 1 N–H and O–H groups in total. The van der Waals surface area contributed by atoms with Gasteiger partial charge in [0, 0.05) is 6.20 Å². The summed E-state index contributed by atoms with van der Waals surface area (Å²) in [4.78, 5) is 3.72. The molecular weight excluding hydrogens is 130 g/mol. The minimum absolute atomic E-state index is 0.441. The van der Waals surface area contributed by atoms with Crippen molar-refractivity contribution < 1.29 is 5.11 Å². The van der Waals surface area contributed by atoms with Crippen LogP contribution in [0.4, 0.5) is 0 Å². The molecule has 0 amide bonds. The van der Waals surface area contributed by atoms with Gasteiger partial charge < -0.3 is 5.11 Å². The number of aliphatic hydroxyl groups is 1. The summed E-state index contributed by atoms with van der Waals surface area (Å²) in [6.07, 6.45) is 5.82. The van der Waals surface area contributed by atoms with Crippen LogP contribution in [0, 0.1) is 0 Å². The lowest BCUT2D eigenvalue weighted by Crippen LogP contribution is -1.94. The number of aliphatic hydroxyl groups excluding tert-OH is 1. The van der Waals surface area contributed by atoms with Crippen LogP contribution in [0.2, 0.25) is 0 Å². The van der Waals surface area contributed by atoms with Crippen LogP contribution in [0.15, 0.2) is 18.7 Å². The van der Waals surface area contributed by atoms with Crippen LogP contribution >= 0.6 is 0 Å². The third kappa shape index (κ3) is 1.99. The van der Waals surface area contributed by atoms with Gasteiger partial charge in [0.05, 0.1) is 6.10 Å². The molecule has 10 heavy (non-hydrogen) atoms. The van der Waals surface area contributed by atoms with Gasteiger partial charge in [-0.25, -0.2) is 9.67 Å². The van der Waals surface area contributed by atoms with Gasteiger partial charge in [0.25, 0.3) is 0 Å². The third-order valence-corrected chi connectivity index (χ3v) is 0.954. The van der Waals surface area contributed by atoms with Gasteiger partial charge in [-0.1, -0.05) is 0 Å². The molecule has 0 aromatic carbocycles. The van der Waals surface area contributed by atoms with Gasteiger partial charge in [0.2, 0.25) is 0 Å². The summed E-state index contributed by atoms with van der Waals surface area (Å²) in [7, 11) is 0. The van der Waals surface area contributed by atoms with Crippen LogP contribution in [0.5, 0.6) is 0 Å². The maximum atomic E-state index is 8.80. The molecule has 0 aliphatic heterocycles. The van der Waals surface area contributed by atoms with Gasteiger partial charge in [-0.2, -0.15) is 5.10 Å². The molecule has 0 bridgehead atoms. The number of nitrogens with zero attached hydrogens (tertiary/aromatic N) is 3. The minimum atomic E-state index is -0.441. The Labute approximate surface area is 58.8 Å². The second kappa shape index (κ2) is 3.12. The minimum Gasteiger partial charge on any atom is -0.389 e. The predicted octanol–water partition coefficient (Wildman–Crippen LogP) is 0.130. The maximum Gasteiger partial charge on any atom is 0.138 e. The molecule has 1 atom stereocenters. The summed E-state index contributed by atoms with van der Waals surface area (Å²) in [5, 5.41) is 12.6. The fraction of sp³-hybridized carbons (Fsp3) is 0.333. The van der Waals surface area contributed by atoms with Crippen molar-refractivity contribution in [3.8, 4) is 0 Å². The lowest BCUT2D eigenvalue weighted by Gasteiger charge is -1.91. The molecule has 0 saturated carbocycles. The van der Waals surface area contributed by atoms with Gasteiger partial charge in [0.15, 0.2) is 0 Å².